The van der Waals surface area contributed by atoms with E-state index in [1.165, 1.54) is 24.3 Å². The highest BCUT2D eigenvalue weighted by molar-refractivity contribution is 7.93. The molecule has 0 radical (unpaired) electrons. The minimum absolute atomic E-state index is 0.111. The maximum atomic E-state index is 13.7. The summed E-state index contributed by atoms with van der Waals surface area (Å²) in [7, 11) is -4.60. The number of nitrogens with zero attached hydrogens (tertiary/aromatic N) is 3. The number of nitrogens with one attached hydrogen (secondary N) is 2. The summed E-state index contributed by atoms with van der Waals surface area (Å²) in [4.78, 5) is 39.8. The average molecular weight is 496 g/mol. The van der Waals surface area contributed by atoms with Crippen molar-refractivity contribution in [2.45, 2.75) is 23.8 Å². The van der Waals surface area contributed by atoms with Gasteiger partial charge in [0.05, 0.1) is 22.7 Å². The fourth-order valence-electron chi connectivity index (χ4n) is 3.81. The molecule has 4 rings (SSSR count). The average Bonchev–Trinajstić information content (AvgIpc) is 2.85. The number of hydrogen-bond acceptors (Lipinski definition) is 7. The molecule has 3 aromatic rings. The van der Waals surface area contributed by atoms with Gasteiger partial charge in [-0.15, -0.1) is 0 Å². The summed E-state index contributed by atoms with van der Waals surface area (Å²) in [5.41, 5.74) is 0.649. The van der Waals surface area contributed by atoms with E-state index < -0.39 is 49.8 Å². The molecule has 1 atom stereocenters. The number of carbonyl (C=O) groups excluding carboxylic acids is 2. The molecule has 2 N–H and O–H groups in total. The molecule has 180 valence electrons. The summed E-state index contributed by atoms with van der Waals surface area (Å²) in [6, 6.07) is 13.2. The number of carbonyl (C=O) groups is 2. The largest absolute Gasteiger partial charge is 0.356 e. The molecule has 12 heteroatoms. The van der Waals surface area contributed by atoms with E-state index in [4.69, 9.17) is 0 Å². The standard InChI is InChI=1S/C23H21N5O6S/c29-22(25-14-11-16-9-12-24-13-10-16)15-20-23(30)26-17-5-1-2-6-18(17)27(20)35(33,34)21-8-4-3-7-19(21)28(31)32/h1-10,12-13,20H,11,14-15H2,(H,25,29)(H,26,30). The molecule has 0 saturated carbocycles. The summed E-state index contributed by atoms with van der Waals surface area (Å²) in [6.45, 7) is 0.269. The predicted molar refractivity (Wildman–Crippen MR) is 127 cm³/mol. The summed E-state index contributed by atoms with van der Waals surface area (Å²) >= 11 is 0. The quantitative estimate of drug-likeness (QED) is 0.359. The molecule has 2 heterocycles. The van der Waals surface area contributed by atoms with E-state index in [-0.39, 0.29) is 17.9 Å². The fourth-order valence-corrected chi connectivity index (χ4v) is 5.60. The molecular formula is C23H21N5O6S. The summed E-state index contributed by atoms with van der Waals surface area (Å²) in [5.74, 6) is -1.25. The van der Waals surface area contributed by atoms with E-state index >= 15 is 0 Å². The second-order valence-electron chi connectivity index (χ2n) is 7.71. The van der Waals surface area contributed by atoms with Crippen LogP contribution in [0.5, 0.6) is 0 Å². The minimum atomic E-state index is -4.60. The molecular weight excluding hydrogens is 474 g/mol. The Bertz CT molecular complexity index is 1380. The van der Waals surface area contributed by atoms with Crippen LogP contribution in [0, 0.1) is 10.1 Å². The van der Waals surface area contributed by atoms with Crippen LogP contribution in [0.1, 0.15) is 12.0 Å². The molecule has 1 aliphatic heterocycles. The van der Waals surface area contributed by atoms with Crippen molar-refractivity contribution in [1.29, 1.82) is 0 Å². The highest BCUT2D eigenvalue weighted by Gasteiger charge is 2.43. The van der Waals surface area contributed by atoms with Crippen molar-refractivity contribution < 1.29 is 22.9 Å². The van der Waals surface area contributed by atoms with E-state index in [0.717, 1.165) is 22.0 Å². The number of rotatable bonds is 8. The molecule has 0 fully saturated rings. The number of nitro benzene ring substituents is 1. The number of sulfonamides is 1. The van der Waals surface area contributed by atoms with Crippen molar-refractivity contribution >= 4 is 38.9 Å². The van der Waals surface area contributed by atoms with Gasteiger partial charge >= 0.3 is 0 Å². The van der Waals surface area contributed by atoms with Gasteiger partial charge in [0.1, 0.15) is 6.04 Å². The normalized spacial score (nSPS) is 15.1. The second kappa shape index (κ2) is 9.89. The zero-order valence-electron chi connectivity index (χ0n) is 18.3. The minimum Gasteiger partial charge on any atom is -0.356 e. The van der Waals surface area contributed by atoms with Crippen LogP contribution in [0.4, 0.5) is 17.1 Å². The van der Waals surface area contributed by atoms with Crippen molar-refractivity contribution in [2.75, 3.05) is 16.2 Å². The number of anilines is 2. The van der Waals surface area contributed by atoms with Crippen LogP contribution in [-0.4, -0.2) is 42.7 Å². The van der Waals surface area contributed by atoms with E-state index in [2.05, 4.69) is 15.6 Å². The maximum absolute atomic E-state index is 13.7. The third kappa shape index (κ3) is 4.96. The SMILES string of the molecule is O=C(CC1C(=O)Nc2ccccc2N1S(=O)(=O)c1ccccc1[N+](=O)[O-])NCCc1ccncc1. The van der Waals surface area contributed by atoms with Crippen LogP contribution >= 0.6 is 0 Å². The molecule has 0 bridgehead atoms. The van der Waals surface area contributed by atoms with Gasteiger partial charge < -0.3 is 10.6 Å². The molecule has 2 aromatic carbocycles. The van der Waals surface area contributed by atoms with Gasteiger partial charge in [-0.2, -0.15) is 0 Å². The van der Waals surface area contributed by atoms with Gasteiger partial charge in [0.15, 0.2) is 4.90 Å². The Hall–Kier alpha value is -4.32. The van der Waals surface area contributed by atoms with Gasteiger partial charge in [-0.1, -0.05) is 24.3 Å². The summed E-state index contributed by atoms with van der Waals surface area (Å²) in [5, 5.41) is 16.8. The third-order valence-electron chi connectivity index (χ3n) is 5.45. The zero-order chi connectivity index (χ0) is 25.0. The topological polar surface area (TPSA) is 152 Å². The smallest absolute Gasteiger partial charge is 0.289 e. The predicted octanol–water partition coefficient (Wildman–Crippen LogP) is 2.25. The number of hydrogen-bond donors (Lipinski definition) is 2. The Balaban J connectivity index is 1.65. The van der Waals surface area contributed by atoms with Crippen LogP contribution in [0.25, 0.3) is 0 Å². The lowest BCUT2D eigenvalue weighted by molar-refractivity contribution is -0.387. The summed E-state index contributed by atoms with van der Waals surface area (Å²) in [6.07, 6.45) is 3.31. The summed E-state index contributed by atoms with van der Waals surface area (Å²) < 4.78 is 28.2. The van der Waals surface area contributed by atoms with Gasteiger partial charge in [-0.25, -0.2) is 8.42 Å². The number of aromatic nitrogens is 1. The van der Waals surface area contributed by atoms with E-state index in [0.29, 0.717) is 6.42 Å². The first-order valence-corrected chi connectivity index (χ1v) is 12.1. The maximum Gasteiger partial charge on any atom is 0.289 e. The van der Waals surface area contributed by atoms with Crippen LogP contribution in [0.3, 0.4) is 0 Å². The Labute approximate surface area is 201 Å². The first-order valence-electron chi connectivity index (χ1n) is 10.6. The van der Waals surface area contributed by atoms with Crippen LogP contribution in [0.15, 0.2) is 78.0 Å². The van der Waals surface area contributed by atoms with E-state index in [1.807, 2.05) is 0 Å². The number of nitro groups is 1. The van der Waals surface area contributed by atoms with E-state index in [1.54, 1.807) is 36.7 Å². The van der Waals surface area contributed by atoms with Crippen molar-refractivity contribution in [1.82, 2.24) is 10.3 Å². The Kier molecular flexibility index (Phi) is 6.73. The van der Waals surface area contributed by atoms with Crippen LogP contribution in [0.2, 0.25) is 0 Å². The van der Waals surface area contributed by atoms with E-state index in [9.17, 15) is 28.1 Å². The van der Waals surface area contributed by atoms with Gasteiger partial charge in [0, 0.05) is 25.0 Å². The number of fused-ring (bicyclic) bond motifs is 1. The van der Waals surface area contributed by atoms with Crippen molar-refractivity contribution in [2.24, 2.45) is 0 Å². The monoisotopic (exact) mass is 495 g/mol. The number of pyridine rings is 1. The highest BCUT2D eigenvalue weighted by Crippen LogP contribution is 2.38. The number of para-hydroxylation sites is 3. The molecule has 1 unspecified atom stereocenters. The lowest BCUT2D eigenvalue weighted by atomic mass is 10.1. The van der Waals surface area contributed by atoms with Crippen molar-refractivity contribution in [3.8, 4) is 0 Å². The van der Waals surface area contributed by atoms with Crippen LogP contribution in [-0.2, 0) is 26.0 Å². The number of amides is 2. The molecule has 11 nitrogen and oxygen atoms in total. The molecule has 1 aliphatic rings. The first-order chi connectivity index (χ1) is 16.8. The molecule has 1 aromatic heterocycles. The van der Waals surface area contributed by atoms with Gasteiger partial charge in [-0.05, 0) is 42.3 Å². The second-order valence-corrected chi connectivity index (χ2v) is 9.49. The lowest BCUT2D eigenvalue weighted by Gasteiger charge is -2.36. The van der Waals surface area contributed by atoms with Crippen molar-refractivity contribution in [3.63, 3.8) is 0 Å². The number of benzene rings is 2. The highest BCUT2D eigenvalue weighted by atomic mass is 32.2. The Morgan fingerprint density at radius 2 is 1.77 bits per heavy atom. The van der Waals surface area contributed by atoms with Crippen LogP contribution < -0.4 is 14.9 Å². The molecule has 2 amide bonds. The molecule has 0 saturated heterocycles. The zero-order valence-corrected chi connectivity index (χ0v) is 19.1. The van der Waals surface area contributed by atoms with Crippen molar-refractivity contribution in [3.05, 3.63) is 88.7 Å². The van der Waals surface area contributed by atoms with Gasteiger partial charge in [-0.3, -0.25) is 29.0 Å². The molecule has 0 aliphatic carbocycles. The van der Waals surface area contributed by atoms with Gasteiger partial charge in [0.2, 0.25) is 11.8 Å². The first kappa shape index (κ1) is 23.8. The fraction of sp³-hybridized carbons (Fsp3) is 0.174. The Morgan fingerprint density at radius 3 is 2.51 bits per heavy atom. The molecule has 35 heavy (non-hydrogen) atoms. The lowest BCUT2D eigenvalue weighted by Crippen LogP contribution is -2.52. The Morgan fingerprint density at radius 1 is 1.09 bits per heavy atom. The van der Waals surface area contributed by atoms with Gasteiger partial charge in [0.25, 0.3) is 15.7 Å². The third-order valence-corrected chi connectivity index (χ3v) is 7.32. The molecule has 0 spiro atoms.